The molecule has 0 spiro atoms. The summed E-state index contributed by atoms with van der Waals surface area (Å²) < 4.78 is 43.1. The molecule has 0 unspecified atom stereocenters. The number of hydrogen-bond donors (Lipinski definition) is 1. The zero-order chi connectivity index (χ0) is 19.4. The Morgan fingerprint density at radius 3 is 2.33 bits per heavy atom. The van der Waals surface area contributed by atoms with Gasteiger partial charge < -0.3 is 10.1 Å². The lowest BCUT2D eigenvalue weighted by molar-refractivity contribution is 0.102. The SMILES string of the molecule is CS(=O)(=O)c1ccc(F)c(NC(=O)c2ccccc2Oc2ccccc2)c1. The van der Waals surface area contributed by atoms with E-state index in [1.807, 2.05) is 6.07 Å². The summed E-state index contributed by atoms with van der Waals surface area (Å²) in [6.45, 7) is 0. The van der Waals surface area contributed by atoms with Crippen LogP contribution in [-0.4, -0.2) is 20.6 Å². The van der Waals surface area contributed by atoms with E-state index in [-0.39, 0.29) is 16.1 Å². The standard InChI is InChI=1S/C20H16FNO4S/c1-27(24,25)15-11-12-17(21)18(13-15)22-20(23)16-9-5-6-10-19(16)26-14-7-3-2-4-8-14/h2-13H,1H3,(H,22,23). The van der Waals surface area contributed by atoms with Gasteiger partial charge in [0.05, 0.1) is 16.1 Å². The number of para-hydroxylation sites is 2. The van der Waals surface area contributed by atoms with Gasteiger partial charge in [0.1, 0.15) is 17.3 Å². The topological polar surface area (TPSA) is 72.5 Å². The van der Waals surface area contributed by atoms with Crippen molar-refractivity contribution in [1.29, 1.82) is 0 Å². The third-order valence-corrected chi connectivity index (χ3v) is 4.83. The van der Waals surface area contributed by atoms with E-state index in [1.54, 1.807) is 42.5 Å². The zero-order valence-corrected chi connectivity index (χ0v) is 15.2. The Kier molecular flexibility index (Phi) is 5.23. The van der Waals surface area contributed by atoms with Crippen LogP contribution >= 0.6 is 0 Å². The first kappa shape index (κ1) is 18.6. The summed E-state index contributed by atoms with van der Waals surface area (Å²) in [6.07, 6.45) is 1.01. The summed E-state index contributed by atoms with van der Waals surface area (Å²) in [5.41, 5.74) is -0.0389. The van der Waals surface area contributed by atoms with Crippen LogP contribution in [0.4, 0.5) is 10.1 Å². The summed E-state index contributed by atoms with van der Waals surface area (Å²) in [5.74, 6) is -0.521. The van der Waals surface area contributed by atoms with Crippen molar-refractivity contribution in [3.63, 3.8) is 0 Å². The van der Waals surface area contributed by atoms with E-state index in [1.165, 1.54) is 6.07 Å². The highest BCUT2D eigenvalue weighted by atomic mass is 32.2. The van der Waals surface area contributed by atoms with Gasteiger partial charge in [-0.05, 0) is 42.5 Å². The first-order valence-electron chi connectivity index (χ1n) is 7.97. The van der Waals surface area contributed by atoms with Crippen molar-refractivity contribution in [3.8, 4) is 11.5 Å². The van der Waals surface area contributed by atoms with Crippen LogP contribution in [0.1, 0.15) is 10.4 Å². The summed E-state index contributed by atoms with van der Waals surface area (Å²) in [5, 5.41) is 2.41. The molecule has 0 atom stereocenters. The normalized spacial score (nSPS) is 11.0. The molecule has 0 aliphatic rings. The number of amides is 1. The number of sulfone groups is 1. The minimum atomic E-state index is -3.53. The fourth-order valence-electron chi connectivity index (χ4n) is 2.38. The molecule has 0 saturated heterocycles. The Balaban J connectivity index is 1.90. The Morgan fingerprint density at radius 1 is 0.963 bits per heavy atom. The van der Waals surface area contributed by atoms with Crippen LogP contribution < -0.4 is 10.1 Å². The molecule has 27 heavy (non-hydrogen) atoms. The smallest absolute Gasteiger partial charge is 0.259 e. The molecule has 3 aromatic rings. The quantitative estimate of drug-likeness (QED) is 0.666. The molecule has 3 rings (SSSR count). The molecule has 0 radical (unpaired) electrons. The van der Waals surface area contributed by atoms with Crippen molar-refractivity contribution in [2.24, 2.45) is 0 Å². The van der Waals surface area contributed by atoms with Gasteiger partial charge in [0, 0.05) is 6.26 Å². The van der Waals surface area contributed by atoms with Gasteiger partial charge in [-0.25, -0.2) is 12.8 Å². The Bertz CT molecular complexity index is 1080. The lowest BCUT2D eigenvalue weighted by Crippen LogP contribution is -2.14. The van der Waals surface area contributed by atoms with Crippen LogP contribution in [0, 0.1) is 5.82 Å². The predicted molar refractivity (Wildman–Crippen MR) is 100 cm³/mol. The molecule has 0 aromatic heterocycles. The number of hydrogen-bond acceptors (Lipinski definition) is 4. The number of ether oxygens (including phenoxy) is 1. The molecule has 0 aliphatic heterocycles. The zero-order valence-electron chi connectivity index (χ0n) is 14.3. The van der Waals surface area contributed by atoms with E-state index in [2.05, 4.69) is 5.32 Å². The average molecular weight is 385 g/mol. The predicted octanol–water partition coefficient (Wildman–Crippen LogP) is 4.27. The number of rotatable bonds is 5. The third kappa shape index (κ3) is 4.51. The molecular formula is C20H16FNO4S. The fraction of sp³-hybridized carbons (Fsp3) is 0.0500. The molecule has 3 aromatic carbocycles. The van der Waals surface area contributed by atoms with E-state index in [0.29, 0.717) is 11.5 Å². The van der Waals surface area contributed by atoms with Crippen molar-refractivity contribution in [1.82, 2.24) is 0 Å². The van der Waals surface area contributed by atoms with Crippen LogP contribution in [0.5, 0.6) is 11.5 Å². The molecule has 0 fully saturated rings. The van der Waals surface area contributed by atoms with E-state index in [9.17, 15) is 17.6 Å². The summed E-state index contributed by atoms with van der Waals surface area (Å²) in [4.78, 5) is 12.5. The Morgan fingerprint density at radius 2 is 1.63 bits per heavy atom. The maximum atomic E-state index is 14.0. The van der Waals surface area contributed by atoms with E-state index in [4.69, 9.17) is 4.74 Å². The molecule has 7 heteroatoms. The van der Waals surface area contributed by atoms with Crippen LogP contribution in [0.3, 0.4) is 0 Å². The summed E-state index contributed by atoms with van der Waals surface area (Å²) in [6, 6.07) is 18.6. The first-order valence-corrected chi connectivity index (χ1v) is 9.86. The molecule has 0 bridgehead atoms. The number of benzene rings is 3. The Labute approximate surface area is 156 Å². The molecule has 1 N–H and O–H groups in total. The number of anilines is 1. The number of nitrogens with one attached hydrogen (secondary N) is 1. The van der Waals surface area contributed by atoms with E-state index < -0.39 is 21.6 Å². The van der Waals surface area contributed by atoms with Crippen molar-refractivity contribution >= 4 is 21.4 Å². The van der Waals surface area contributed by atoms with Crippen LogP contribution in [-0.2, 0) is 9.84 Å². The molecular weight excluding hydrogens is 369 g/mol. The lowest BCUT2D eigenvalue weighted by atomic mass is 10.1. The van der Waals surface area contributed by atoms with Crippen molar-refractivity contribution in [3.05, 3.63) is 84.2 Å². The summed E-state index contributed by atoms with van der Waals surface area (Å²) >= 11 is 0. The highest BCUT2D eigenvalue weighted by molar-refractivity contribution is 7.90. The van der Waals surface area contributed by atoms with Gasteiger partial charge in [-0.15, -0.1) is 0 Å². The van der Waals surface area contributed by atoms with Gasteiger partial charge in [0.15, 0.2) is 9.84 Å². The number of halogens is 1. The molecule has 0 heterocycles. The van der Waals surface area contributed by atoms with Gasteiger partial charge in [-0.1, -0.05) is 30.3 Å². The van der Waals surface area contributed by atoms with Crippen molar-refractivity contribution < 1.29 is 22.3 Å². The van der Waals surface area contributed by atoms with Crippen molar-refractivity contribution in [2.45, 2.75) is 4.90 Å². The van der Waals surface area contributed by atoms with Crippen LogP contribution in [0.2, 0.25) is 0 Å². The van der Waals surface area contributed by atoms with Gasteiger partial charge in [0.2, 0.25) is 0 Å². The molecule has 5 nitrogen and oxygen atoms in total. The molecule has 1 amide bonds. The third-order valence-electron chi connectivity index (χ3n) is 3.72. The Hall–Kier alpha value is -3.19. The second-order valence-corrected chi connectivity index (χ2v) is 7.79. The van der Waals surface area contributed by atoms with Gasteiger partial charge >= 0.3 is 0 Å². The minimum absolute atomic E-state index is 0.0898. The minimum Gasteiger partial charge on any atom is -0.457 e. The maximum Gasteiger partial charge on any atom is 0.259 e. The lowest BCUT2D eigenvalue weighted by Gasteiger charge is -2.12. The number of carbonyl (C=O) groups is 1. The van der Waals surface area contributed by atoms with Gasteiger partial charge in [0.25, 0.3) is 5.91 Å². The van der Waals surface area contributed by atoms with Crippen molar-refractivity contribution in [2.75, 3.05) is 11.6 Å². The molecule has 0 saturated carbocycles. The molecule has 138 valence electrons. The average Bonchev–Trinajstić information content (AvgIpc) is 2.64. The fourth-order valence-corrected chi connectivity index (χ4v) is 3.03. The largest absolute Gasteiger partial charge is 0.457 e. The maximum absolute atomic E-state index is 14.0. The highest BCUT2D eigenvalue weighted by Crippen LogP contribution is 2.27. The second-order valence-electron chi connectivity index (χ2n) is 5.78. The van der Waals surface area contributed by atoms with E-state index in [0.717, 1.165) is 24.5 Å². The number of carbonyl (C=O) groups excluding carboxylic acids is 1. The first-order chi connectivity index (χ1) is 12.8. The molecule has 0 aliphatic carbocycles. The van der Waals surface area contributed by atoms with Gasteiger partial charge in [-0.3, -0.25) is 4.79 Å². The van der Waals surface area contributed by atoms with Crippen LogP contribution in [0.25, 0.3) is 0 Å². The second kappa shape index (κ2) is 7.59. The highest BCUT2D eigenvalue weighted by Gasteiger charge is 2.17. The summed E-state index contributed by atoms with van der Waals surface area (Å²) in [7, 11) is -3.53. The monoisotopic (exact) mass is 385 g/mol. The van der Waals surface area contributed by atoms with Gasteiger partial charge in [-0.2, -0.15) is 0 Å². The van der Waals surface area contributed by atoms with Crippen LogP contribution in [0.15, 0.2) is 77.7 Å². The van der Waals surface area contributed by atoms with E-state index >= 15 is 0 Å².